The molecule has 1 amide bonds. The van der Waals surface area contributed by atoms with Gasteiger partial charge < -0.3 is 44.9 Å². The Morgan fingerprint density at radius 2 is 1.84 bits per heavy atom. The lowest BCUT2D eigenvalue weighted by molar-refractivity contribution is -0.181. The van der Waals surface area contributed by atoms with Crippen molar-refractivity contribution in [3.05, 3.63) is 57.7 Å². The molecule has 4 saturated carbocycles. The lowest BCUT2D eigenvalue weighted by atomic mass is 9.46. The number of piperazine rings is 1. The first-order valence-corrected chi connectivity index (χ1v) is 21.4. The summed E-state index contributed by atoms with van der Waals surface area (Å²) >= 11 is 0. The number of fused-ring (bicyclic) bond motifs is 6. The number of esters is 1. The summed E-state index contributed by atoms with van der Waals surface area (Å²) < 4.78 is 28.7. The number of nitrogens with zero attached hydrogens (tertiary/aromatic N) is 3. The first-order chi connectivity index (χ1) is 28.8. The zero-order valence-electron chi connectivity index (χ0n) is 35.0. The van der Waals surface area contributed by atoms with Crippen molar-refractivity contribution < 1.29 is 53.2 Å². The minimum Gasteiger partial charge on any atom is -0.492 e. The van der Waals surface area contributed by atoms with Crippen LogP contribution in [0.4, 0.5) is 10.1 Å². The second-order valence-electron chi connectivity index (χ2n) is 18.6. The van der Waals surface area contributed by atoms with E-state index < -0.39 is 75.8 Å². The molecule has 1 aromatic heterocycles. The summed E-state index contributed by atoms with van der Waals surface area (Å²) in [6.07, 6.45) is 9.28. The molecule has 5 fully saturated rings. The molecule has 1 saturated heterocycles. The number of aromatic nitrogens is 1. The van der Waals surface area contributed by atoms with Crippen LogP contribution < -0.4 is 20.8 Å². The van der Waals surface area contributed by atoms with E-state index >= 15 is 4.39 Å². The molecule has 0 spiro atoms. The Hall–Kier alpha value is -4.93. The van der Waals surface area contributed by atoms with E-state index in [2.05, 4.69) is 6.92 Å². The average Bonchev–Trinajstić information content (AvgIpc) is 4.02. The van der Waals surface area contributed by atoms with Gasteiger partial charge in [-0.15, -0.1) is 0 Å². The van der Waals surface area contributed by atoms with Crippen LogP contribution in [0.15, 0.2) is 40.9 Å². The molecule has 16 heteroatoms. The maximum Gasteiger partial charge on any atom is 0.341 e. The van der Waals surface area contributed by atoms with Gasteiger partial charge in [-0.05, 0) is 88.3 Å². The number of allylic oxidation sites excluding steroid dienone is 4. The predicted molar refractivity (Wildman–Crippen MR) is 219 cm³/mol. The van der Waals surface area contributed by atoms with E-state index in [4.69, 9.17) is 15.2 Å². The molecular weight excluding hydrogens is 792 g/mol. The number of aliphatic hydroxyl groups is 2. The fraction of sp³-hybridized carbons (Fsp3) is 0.600. The van der Waals surface area contributed by atoms with Gasteiger partial charge in [0.05, 0.1) is 24.1 Å². The van der Waals surface area contributed by atoms with E-state index in [0.717, 1.165) is 30.9 Å². The molecule has 8 rings (SSSR count). The molecule has 0 radical (unpaired) electrons. The Kier molecular flexibility index (Phi) is 10.8. The fourth-order valence-electron chi connectivity index (χ4n) is 11.9. The SMILES string of the molecule is COc1c(N2CCN(C(=O)CC[C@@H](N)C(=O)OCC(=O)[C@@]3(O)CCC4C5CCC6=CC(=O)C=C[C@]6(C)C5[C@@H](O)C[C@@]43C)C(C)C2)c(F)cc2c(=O)c(C(=O)O)cn(C3CC3)c12. The quantitative estimate of drug-likeness (QED) is 0.239. The fourth-order valence-corrected chi connectivity index (χ4v) is 11.9. The van der Waals surface area contributed by atoms with E-state index in [1.165, 1.54) is 13.3 Å². The van der Waals surface area contributed by atoms with Crippen LogP contribution >= 0.6 is 0 Å². The Balaban J connectivity index is 0.870. The molecule has 9 atom stereocenters. The van der Waals surface area contributed by atoms with Crippen LogP contribution in [0, 0.1) is 34.4 Å². The van der Waals surface area contributed by atoms with Crippen molar-refractivity contribution in [1.82, 2.24) is 9.47 Å². The number of hydrogen-bond donors (Lipinski definition) is 4. The molecule has 5 N–H and O–H groups in total. The van der Waals surface area contributed by atoms with Crippen LogP contribution in [0.25, 0.3) is 10.9 Å². The van der Waals surface area contributed by atoms with Crippen LogP contribution in [0.2, 0.25) is 0 Å². The number of ketones is 2. The minimum absolute atomic E-state index is 0.0144. The standard InChI is InChI=1S/C45H55FN4O11/c1-23-20-48(38-31(46)18-28-37(40(38)60-4)50(25-6-7-25)21-29(39(28)55)41(56)57)15-16-49(23)35(54)10-9-32(47)42(58)61-22-34(53)45(59)14-12-30-27-8-5-24-17-26(51)11-13-43(24,2)36(27)33(52)19-44(30,45)3/h11,13,17-18,21,23,25,27,30,32-33,36,52,59H,5-10,12,14-16,19-20,22,47H2,1-4H3,(H,56,57)/t23?,27?,30?,32-,33+,36?,43+,44+,45+/m1/s1. The summed E-state index contributed by atoms with van der Waals surface area (Å²) in [7, 11) is 1.37. The summed E-state index contributed by atoms with van der Waals surface area (Å²) in [4.78, 5) is 80.8. The normalized spacial score (nSPS) is 32.4. The molecule has 6 aliphatic rings. The highest BCUT2D eigenvalue weighted by Crippen LogP contribution is 2.67. The topological polar surface area (TPSA) is 219 Å². The van der Waals surface area contributed by atoms with Gasteiger partial charge in [0.25, 0.3) is 0 Å². The van der Waals surface area contributed by atoms with Crippen LogP contribution in [0.5, 0.6) is 5.75 Å². The Labute approximate surface area is 352 Å². The first kappa shape index (κ1) is 42.7. The largest absolute Gasteiger partial charge is 0.492 e. The molecule has 2 heterocycles. The number of pyridine rings is 1. The maximum absolute atomic E-state index is 15.9. The zero-order chi connectivity index (χ0) is 43.9. The molecule has 2 aromatic rings. The van der Waals surface area contributed by atoms with Crippen molar-refractivity contribution in [3.8, 4) is 5.75 Å². The number of carbonyl (C=O) groups is 5. The minimum atomic E-state index is -1.83. The summed E-state index contributed by atoms with van der Waals surface area (Å²) in [5.41, 5.74) is 3.05. The van der Waals surface area contributed by atoms with E-state index in [0.29, 0.717) is 18.4 Å². The van der Waals surface area contributed by atoms with Gasteiger partial charge in [-0.2, -0.15) is 0 Å². The highest BCUT2D eigenvalue weighted by atomic mass is 19.1. The van der Waals surface area contributed by atoms with Gasteiger partial charge in [-0.25, -0.2) is 9.18 Å². The second-order valence-corrected chi connectivity index (χ2v) is 18.6. The number of ether oxygens (including phenoxy) is 2. The van der Waals surface area contributed by atoms with Gasteiger partial charge in [-0.1, -0.05) is 25.5 Å². The molecule has 5 aliphatic carbocycles. The van der Waals surface area contributed by atoms with E-state index in [1.54, 1.807) is 33.4 Å². The summed E-state index contributed by atoms with van der Waals surface area (Å²) in [6.45, 7) is 5.61. The number of benzene rings is 1. The van der Waals surface area contributed by atoms with Gasteiger partial charge in [-0.3, -0.25) is 24.0 Å². The Morgan fingerprint density at radius 1 is 1.10 bits per heavy atom. The monoisotopic (exact) mass is 846 g/mol. The lowest BCUT2D eigenvalue weighted by Gasteiger charge is -2.59. The Bertz CT molecular complexity index is 2340. The van der Waals surface area contributed by atoms with Crippen molar-refractivity contribution in [3.63, 3.8) is 0 Å². The number of nitrogens with two attached hydrogens (primary N) is 1. The molecule has 0 bridgehead atoms. The average molecular weight is 847 g/mol. The number of aliphatic hydroxyl groups excluding tert-OH is 1. The van der Waals surface area contributed by atoms with Crippen LogP contribution in [0.1, 0.15) is 95.0 Å². The molecular formula is C45H55FN4O11. The number of aromatic carboxylic acids is 1. The van der Waals surface area contributed by atoms with Crippen molar-refractivity contribution in [2.75, 3.05) is 38.3 Å². The van der Waals surface area contributed by atoms with Gasteiger partial charge in [0, 0.05) is 61.1 Å². The van der Waals surface area contributed by atoms with Gasteiger partial charge in [0.1, 0.15) is 22.9 Å². The molecule has 1 aliphatic heterocycles. The number of hydrogen-bond acceptors (Lipinski definition) is 12. The third-order valence-corrected chi connectivity index (χ3v) is 15.3. The molecule has 1 aromatic carbocycles. The highest BCUT2D eigenvalue weighted by Gasteiger charge is 2.68. The highest BCUT2D eigenvalue weighted by molar-refractivity contribution is 6.01. The van der Waals surface area contributed by atoms with Gasteiger partial charge in [0.2, 0.25) is 17.1 Å². The Morgan fingerprint density at radius 3 is 2.51 bits per heavy atom. The number of carboxylic acids is 1. The van der Waals surface area contributed by atoms with Crippen molar-refractivity contribution in [2.45, 2.75) is 108 Å². The molecule has 61 heavy (non-hydrogen) atoms. The second kappa shape index (κ2) is 15.5. The maximum atomic E-state index is 15.9. The van der Waals surface area contributed by atoms with Crippen LogP contribution in [-0.4, -0.2) is 111 Å². The van der Waals surface area contributed by atoms with E-state index in [1.807, 2.05) is 13.0 Å². The van der Waals surface area contributed by atoms with Gasteiger partial charge in [0.15, 0.2) is 24.0 Å². The number of rotatable bonds is 11. The summed E-state index contributed by atoms with van der Waals surface area (Å²) in [5, 5.41) is 33.3. The lowest BCUT2D eigenvalue weighted by Crippen LogP contribution is -2.61. The van der Waals surface area contributed by atoms with Crippen LogP contribution in [-0.2, 0) is 23.9 Å². The first-order valence-electron chi connectivity index (χ1n) is 21.4. The predicted octanol–water partition coefficient (Wildman–Crippen LogP) is 3.45. The number of methoxy groups -OCH3 is 1. The molecule has 4 unspecified atom stereocenters. The smallest absolute Gasteiger partial charge is 0.341 e. The molecule has 15 nitrogen and oxygen atoms in total. The van der Waals surface area contributed by atoms with Crippen molar-refractivity contribution >= 4 is 46.0 Å². The number of halogens is 1. The van der Waals surface area contributed by atoms with Crippen LogP contribution in [0.3, 0.4) is 0 Å². The number of anilines is 1. The van der Waals surface area contributed by atoms with E-state index in [9.17, 15) is 44.1 Å². The summed E-state index contributed by atoms with van der Waals surface area (Å²) in [5.74, 6) is -4.16. The number of Topliss-reactive ketones (excluding diaryl/α,β-unsaturated/α-hetero) is 1. The third kappa shape index (κ3) is 6.89. The van der Waals surface area contributed by atoms with Crippen molar-refractivity contribution in [2.24, 2.45) is 34.3 Å². The number of amides is 1. The van der Waals surface area contributed by atoms with Crippen molar-refractivity contribution in [1.29, 1.82) is 0 Å². The molecule has 328 valence electrons. The van der Waals surface area contributed by atoms with E-state index in [-0.39, 0.29) is 97.6 Å². The number of carbonyl (C=O) groups excluding carboxylic acids is 4. The number of carboxylic acid groups (broad SMARTS) is 1. The zero-order valence-corrected chi connectivity index (χ0v) is 35.0. The third-order valence-electron chi connectivity index (χ3n) is 15.3. The van der Waals surface area contributed by atoms with Gasteiger partial charge >= 0.3 is 11.9 Å². The summed E-state index contributed by atoms with van der Waals surface area (Å²) in [6, 6.07) is -0.639.